The van der Waals surface area contributed by atoms with Crippen LogP contribution in [0.3, 0.4) is 0 Å². The topological polar surface area (TPSA) is 37.8 Å². The monoisotopic (exact) mass is 291 g/mol. The molecule has 17 heavy (non-hydrogen) atoms. The Morgan fingerprint density at radius 1 is 1.18 bits per heavy atom. The van der Waals surface area contributed by atoms with Gasteiger partial charge in [0.25, 0.3) is 0 Å². The molecule has 0 atom stereocenters. The zero-order valence-corrected chi connectivity index (χ0v) is 11.0. The highest BCUT2D eigenvalue weighted by Gasteiger charge is 1.99. The van der Waals surface area contributed by atoms with E-state index in [2.05, 4.69) is 55.5 Å². The lowest BCUT2D eigenvalue weighted by molar-refractivity contribution is 0.857. The largest absolute Gasteiger partial charge is 0.369 e. The fraction of sp³-hybridized carbons (Fsp3) is 0.231. The highest BCUT2D eigenvalue weighted by atomic mass is 79.9. The van der Waals surface area contributed by atoms with E-state index in [0.717, 1.165) is 29.7 Å². The molecule has 0 spiro atoms. The van der Waals surface area contributed by atoms with Crippen molar-refractivity contribution in [3.8, 4) is 0 Å². The molecule has 0 aliphatic carbocycles. The van der Waals surface area contributed by atoms with Crippen LogP contribution in [0.4, 0.5) is 5.82 Å². The van der Waals surface area contributed by atoms with Crippen LogP contribution in [0.25, 0.3) is 0 Å². The van der Waals surface area contributed by atoms with E-state index in [4.69, 9.17) is 0 Å². The van der Waals surface area contributed by atoms with Gasteiger partial charge in [-0.1, -0.05) is 30.3 Å². The van der Waals surface area contributed by atoms with Gasteiger partial charge in [-0.3, -0.25) is 0 Å². The minimum atomic E-state index is 0.855. The average molecular weight is 292 g/mol. The van der Waals surface area contributed by atoms with Gasteiger partial charge in [-0.2, -0.15) is 0 Å². The molecule has 88 valence electrons. The van der Waals surface area contributed by atoms with Gasteiger partial charge in [0.05, 0.1) is 4.47 Å². The molecule has 2 rings (SSSR count). The minimum absolute atomic E-state index is 0.855. The van der Waals surface area contributed by atoms with E-state index in [-0.39, 0.29) is 0 Å². The normalized spacial score (nSPS) is 10.2. The third-order valence-electron chi connectivity index (χ3n) is 2.45. The molecule has 0 fully saturated rings. The number of benzene rings is 1. The number of anilines is 1. The van der Waals surface area contributed by atoms with Crippen molar-refractivity contribution in [2.45, 2.75) is 12.8 Å². The number of aromatic nitrogens is 2. The molecule has 1 heterocycles. The van der Waals surface area contributed by atoms with Gasteiger partial charge in [0.15, 0.2) is 0 Å². The van der Waals surface area contributed by atoms with Gasteiger partial charge in [0.1, 0.15) is 12.1 Å². The minimum Gasteiger partial charge on any atom is -0.369 e. The first-order chi connectivity index (χ1) is 8.36. The predicted molar refractivity (Wildman–Crippen MR) is 73.0 cm³/mol. The highest BCUT2D eigenvalue weighted by Crippen LogP contribution is 2.16. The van der Waals surface area contributed by atoms with Crippen LogP contribution in [0.1, 0.15) is 12.0 Å². The first-order valence-electron chi connectivity index (χ1n) is 5.59. The van der Waals surface area contributed by atoms with E-state index in [1.165, 1.54) is 5.56 Å². The number of nitrogens with one attached hydrogen (secondary N) is 1. The van der Waals surface area contributed by atoms with E-state index >= 15 is 0 Å². The van der Waals surface area contributed by atoms with Crippen LogP contribution >= 0.6 is 15.9 Å². The second-order valence-electron chi connectivity index (χ2n) is 3.74. The van der Waals surface area contributed by atoms with Crippen molar-refractivity contribution >= 4 is 21.7 Å². The summed E-state index contributed by atoms with van der Waals surface area (Å²) in [6.45, 7) is 0.907. The molecule has 0 saturated carbocycles. The average Bonchev–Trinajstić information content (AvgIpc) is 2.38. The van der Waals surface area contributed by atoms with Crippen molar-refractivity contribution in [2.75, 3.05) is 11.9 Å². The number of hydrogen-bond donors (Lipinski definition) is 1. The van der Waals surface area contributed by atoms with Crippen molar-refractivity contribution < 1.29 is 0 Å². The number of rotatable bonds is 5. The molecule has 2 aromatic rings. The van der Waals surface area contributed by atoms with Crippen molar-refractivity contribution in [3.05, 3.63) is 52.9 Å². The van der Waals surface area contributed by atoms with Gasteiger partial charge < -0.3 is 5.32 Å². The van der Waals surface area contributed by atoms with E-state index < -0.39 is 0 Å². The first kappa shape index (κ1) is 12.0. The number of halogens is 1. The van der Waals surface area contributed by atoms with Crippen molar-refractivity contribution in [3.63, 3.8) is 0 Å². The van der Waals surface area contributed by atoms with E-state index in [9.17, 15) is 0 Å². The smallest absolute Gasteiger partial charge is 0.143 e. The second kappa shape index (κ2) is 6.35. The molecule has 1 aromatic carbocycles. The Balaban J connectivity index is 1.76. The zero-order chi connectivity index (χ0) is 11.9. The van der Waals surface area contributed by atoms with Crippen LogP contribution in [-0.2, 0) is 6.42 Å². The summed E-state index contributed by atoms with van der Waals surface area (Å²) in [5.74, 6) is 0.855. The molecule has 0 unspecified atom stereocenters. The van der Waals surface area contributed by atoms with Crippen LogP contribution in [0.2, 0.25) is 0 Å². The summed E-state index contributed by atoms with van der Waals surface area (Å²) in [5, 5.41) is 3.29. The molecule has 4 heteroatoms. The molecule has 1 aromatic heterocycles. The van der Waals surface area contributed by atoms with Gasteiger partial charge in [-0.25, -0.2) is 9.97 Å². The van der Waals surface area contributed by atoms with Crippen LogP contribution in [0.5, 0.6) is 0 Å². The molecule has 3 nitrogen and oxygen atoms in total. The first-order valence-corrected chi connectivity index (χ1v) is 6.39. The summed E-state index contributed by atoms with van der Waals surface area (Å²) >= 11 is 3.41. The lowest BCUT2D eigenvalue weighted by Gasteiger charge is -2.06. The maximum absolute atomic E-state index is 4.15. The van der Waals surface area contributed by atoms with Crippen LogP contribution in [0.15, 0.2) is 47.3 Å². The van der Waals surface area contributed by atoms with Gasteiger partial charge in [0, 0.05) is 12.7 Å². The number of nitrogens with zero attached hydrogens (tertiary/aromatic N) is 2. The lowest BCUT2D eigenvalue weighted by Crippen LogP contribution is -2.05. The van der Waals surface area contributed by atoms with Crippen molar-refractivity contribution in [1.82, 2.24) is 9.97 Å². The van der Waals surface area contributed by atoms with Crippen molar-refractivity contribution in [1.29, 1.82) is 0 Å². The molecule has 0 amide bonds. The van der Waals surface area contributed by atoms with Crippen molar-refractivity contribution in [2.24, 2.45) is 0 Å². The molecule has 0 bridgehead atoms. The van der Waals surface area contributed by atoms with Crippen LogP contribution in [0, 0.1) is 0 Å². The Hall–Kier alpha value is -1.42. The fourth-order valence-electron chi connectivity index (χ4n) is 1.59. The summed E-state index contributed by atoms with van der Waals surface area (Å²) < 4.78 is 0.903. The SMILES string of the molecule is Brc1cncnc1NCCCc1ccccc1. The lowest BCUT2D eigenvalue weighted by atomic mass is 10.1. The van der Waals surface area contributed by atoms with Crippen LogP contribution in [-0.4, -0.2) is 16.5 Å². The second-order valence-corrected chi connectivity index (χ2v) is 4.59. The Kier molecular flexibility index (Phi) is 4.50. The van der Waals surface area contributed by atoms with E-state index in [1.807, 2.05) is 6.07 Å². The molecule has 0 aliphatic rings. The summed E-state index contributed by atoms with van der Waals surface area (Å²) in [6, 6.07) is 10.5. The standard InChI is InChI=1S/C13H14BrN3/c14-12-9-15-10-17-13(12)16-8-4-7-11-5-2-1-3-6-11/h1-3,5-6,9-10H,4,7-8H2,(H,15,16,17). The third-order valence-corrected chi connectivity index (χ3v) is 3.03. The van der Waals surface area contributed by atoms with E-state index in [0.29, 0.717) is 0 Å². The summed E-state index contributed by atoms with van der Waals surface area (Å²) in [6.07, 6.45) is 5.45. The maximum Gasteiger partial charge on any atom is 0.143 e. The van der Waals surface area contributed by atoms with Crippen LogP contribution < -0.4 is 5.32 Å². The maximum atomic E-state index is 4.15. The summed E-state index contributed by atoms with van der Waals surface area (Å²) in [4.78, 5) is 8.08. The quantitative estimate of drug-likeness (QED) is 0.859. The predicted octanol–water partition coefficient (Wildman–Crippen LogP) is 3.28. The van der Waals surface area contributed by atoms with Gasteiger partial charge in [-0.15, -0.1) is 0 Å². The van der Waals surface area contributed by atoms with Gasteiger partial charge in [-0.05, 0) is 34.3 Å². The Labute approximate surface area is 109 Å². The summed E-state index contributed by atoms with van der Waals surface area (Å²) in [7, 11) is 0. The third kappa shape index (κ3) is 3.82. The Bertz CT molecular complexity index is 459. The van der Waals surface area contributed by atoms with Gasteiger partial charge >= 0.3 is 0 Å². The molecule has 0 aliphatic heterocycles. The number of hydrogen-bond acceptors (Lipinski definition) is 3. The molecular formula is C13H14BrN3. The Morgan fingerprint density at radius 3 is 2.76 bits per heavy atom. The zero-order valence-electron chi connectivity index (χ0n) is 9.44. The van der Waals surface area contributed by atoms with E-state index in [1.54, 1.807) is 12.5 Å². The Morgan fingerprint density at radius 2 is 2.00 bits per heavy atom. The molecule has 0 saturated heterocycles. The summed E-state index contributed by atoms with van der Waals surface area (Å²) in [5.41, 5.74) is 1.37. The fourth-order valence-corrected chi connectivity index (χ4v) is 1.95. The highest BCUT2D eigenvalue weighted by molar-refractivity contribution is 9.10. The van der Waals surface area contributed by atoms with Gasteiger partial charge in [0.2, 0.25) is 0 Å². The molecular weight excluding hydrogens is 278 g/mol. The number of aryl methyl sites for hydroxylation is 1. The molecule has 0 radical (unpaired) electrons. The molecule has 1 N–H and O–H groups in total.